The van der Waals surface area contributed by atoms with Crippen LogP contribution in [0, 0.1) is 0 Å². The van der Waals surface area contributed by atoms with Gasteiger partial charge in [-0.1, -0.05) is 37.1 Å². The Hall–Kier alpha value is -2.63. The van der Waals surface area contributed by atoms with Crippen molar-refractivity contribution in [2.24, 2.45) is 0 Å². The number of H-pyrrole nitrogens is 1. The lowest BCUT2D eigenvalue weighted by Gasteiger charge is -2.03. The molecule has 1 aromatic carbocycles. The van der Waals surface area contributed by atoms with Gasteiger partial charge >= 0.3 is 6.01 Å². The Kier molecular flexibility index (Phi) is 3.43. The summed E-state index contributed by atoms with van der Waals surface area (Å²) in [5.41, 5.74) is 1.33. The van der Waals surface area contributed by atoms with Crippen LogP contribution in [0.3, 0.4) is 0 Å². The first-order valence-corrected chi connectivity index (χ1v) is 6.81. The average Bonchev–Trinajstić information content (AvgIpc) is 2.94. The molecule has 0 spiro atoms. The van der Waals surface area contributed by atoms with E-state index in [1.54, 1.807) is 0 Å². The van der Waals surface area contributed by atoms with Gasteiger partial charge < -0.3 is 14.7 Å². The SMILES string of the molecule is CC(C)c1nnc(NCc2cc3ccccc3[nH]c2=O)o1. The molecule has 0 fully saturated rings. The molecule has 2 aromatic heterocycles. The number of anilines is 1. The first-order chi connectivity index (χ1) is 10.1. The highest BCUT2D eigenvalue weighted by atomic mass is 16.4. The van der Waals surface area contributed by atoms with E-state index in [4.69, 9.17) is 4.42 Å². The van der Waals surface area contributed by atoms with Crippen LogP contribution in [-0.4, -0.2) is 15.2 Å². The molecule has 6 heteroatoms. The van der Waals surface area contributed by atoms with E-state index in [2.05, 4.69) is 20.5 Å². The van der Waals surface area contributed by atoms with Gasteiger partial charge in [0.15, 0.2) is 0 Å². The Balaban J connectivity index is 1.81. The van der Waals surface area contributed by atoms with Crippen molar-refractivity contribution < 1.29 is 4.42 Å². The summed E-state index contributed by atoms with van der Waals surface area (Å²) in [4.78, 5) is 14.9. The third kappa shape index (κ3) is 2.79. The van der Waals surface area contributed by atoms with Crippen molar-refractivity contribution in [2.75, 3.05) is 5.32 Å². The highest BCUT2D eigenvalue weighted by Crippen LogP contribution is 2.15. The van der Waals surface area contributed by atoms with Crippen molar-refractivity contribution in [1.29, 1.82) is 0 Å². The maximum atomic E-state index is 12.0. The lowest BCUT2D eigenvalue weighted by atomic mass is 10.1. The van der Waals surface area contributed by atoms with Gasteiger partial charge in [0.1, 0.15) is 0 Å². The Morgan fingerprint density at radius 1 is 1.29 bits per heavy atom. The highest BCUT2D eigenvalue weighted by Gasteiger charge is 2.10. The first-order valence-electron chi connectivity index (χ1n) is 6.81. The summed E-state index contributed by atoms with van der Waals surface area (Å²) in [6.07, 6.45) is 0. The van der Waals surface area contributed by atoms with E-state index < -0.39 is 0 Å². The molecule has 0 unspecified atom stereocenters. The Morgan fingerprint density at radius 3 is 2.86 bits per heavy atom. The maximum Gasteiger partial charge on any atom is 0.315 e. The predicted octanol–water partition coefficient (Wildman–Crippen LogP) is 2.65. The van der Waals surface area contributed by atoms with Crippen molar-refractivity contribution in [3.05, 3.63) is 52.1 Å². The van der Waals surface area contributed by atoms with Gasteiger partial charge in [0.2, 0.25) is 5.89 Å². The molecule has 2 N–H and O–H groups in total. The Bertz CT molecular complexity index is 820. The zero-order chi connectivity index (χ0) is 14.8. The largest absolute Gasteiger partial charge is 0.408 e. The van der Waals surface area contributed by atoms with E-state index in [1.165, 1.54) is 0 Å². The summed E-state index contributed by atoms with van der Waals surface area (Å²) in [7, 11) is 0. The summed E-state index contributed by atoms with van der Waals surface area (Å²) in [6.45, 7) is 4.29. The van der Waals surface area contributed by atoms with Crippen LogP contribution in [-0.2, 0) is 6.54 Å². The van der Waals surface area contributed by atoms with Crippen LogP contribution < -0.4 is 10.9 Å². The van der Waals surface area contributed by atoms with Crippen LogP contribution in [0.5, 0.6) is 0 Å². The van der Waals surface area contributed by atoms with E-state index in [0.29, 0.717) is 24.0 Å². The molecule has 3 aromatic rings. The fraction of sp³-hybridized carbons (Fsp3) is 0.267. The number of rotatable bonds is 4. The number of aromatic amines is 1. The van der Waals surface area contributed by atoms with Crippen LogP contribution in [0.4, 0.5) is 6.01 Å². The highest BCUT2D eigenvalue weighted by molar-refractivity contribution is 5.78. The molecule has 0 amide bonds. The Morgan fingerprint density at radius 2 is 2.10 bits per heavy atom. The fourth-order valence-corrected chi connectivity index (χ4v) is 2.03. The zero-order valence-electron chi connectivity index (χ0n) is 11.9. The first kappa shape index (κ1) is 13.4. The molecule has 0 saturated carbocycles. The zero-order valence-corrected chi connectivity index (χ0v) is 11.9. The van der Waals surface area contributed by atoms with Crippen molar-refractivity contribution in [3.8, 4) is 0 Å². The number of aromatic nitrogens is 3. The van der Waals surface area contributed by atoms with Crippen LogP contribution in [0.25, 0.3) is 10.9 Å². The summed E-state index contributed by atoms with van der Waals surface area (Å²) in [6, 6.07) is 9.85. The van der Waals surface area contributed by atoms with Gasteiger partial charge in [0, 0.05) is 23.5 Å². The second kappa shape index (κ2) is 5.40. The number of hydrogen-bond acceptors (Lipinski definition) is 5. The molecule has 2 heterocycles. The van der Waals surface area contributed by atoms with Gasteiger partial charge in [0.25, 0.3) is 5.56 Å². The predicted molar refractivity (Wildman–Crippen MR) is 80.3 cm³/mol. The minimum Gasteiger partial charge on any atom is -0.408 e. The van der Waals surface area contributed by atoms with Gasteiger partial charge in [0.05, 0.1) is 0 Å². The fourth-order valence-electron chi connectivity index (χ4n) is 2.03. The standard InChI is InChI=1S/C15H16N4O2/c1-9(2)14-18-19-15(21-14)16-8-11-7-10-5-3-4-6-12(10)17-13(11)20/h3-7,9H,8H2,1-2H3,(H,16,19)(H,17,20). The van der Waals surface area contributed by atoms with Crippen molar-refractivity contribution >= 4 is 16.9 Å². The molecule has 6 nitrogen and oxygen atoms in total. The molecular formula is C15H16N4O2. The summed E-state index contributed by atoms with van der Waals surface area (Å²) >= 11 is 0. The Labute approximate surface area is 121 Å². The minimum absolute atomic E-state index is 0.121. The minimum atomic E-state index is -0.121. The number of para-hydroxylation sites is 1. The quantitative estimate of drug-likeness (QED) is 0.769. The van der Waals surface area contributed by atoms with Crippen LogP contribution in [0.15, 0.2) is 39.5 Å². The van der Waals surface area contributed by atoms with Gasteiger partial charge in [-0.3, -0.25) is 4.79 Å². The lowest BCUT2D eigenvalue weighted by Crippen LogP contribution is -2.15. The smallest absolute Gasteiger partial charge is 0.315 e. The summed E-state index contributed by atoms with van der Waals surface area (Å²) in [5.74, 6) is 0.752. The van der Waals surface area contributed by atoms with E-state index in [9.17, 15) is 4.79 Å². The summed E-state index contributed by atoms with van der Waals surface area (Å²) in [5, 5.41) is 11.8. The molecule has 21 heavy (non-hydrogen) atoms. The molecule has 0 aliphatic heterocycles. The second-order valence-electron chi connectivity index (χ2n) is 5.16. The van der Waals surface area contributed by atoms with Crippen molar-refractivity contribution in [1.82, 2.24) is 15.2 Å². The van der Waals surface area contributed by atoms with E-state index in [0.717, 1.165) is 10.9 Å². The molecule has 0 radical (unpaired) electrons. The molecule has 3 rings (SSSR count). The number of fused-ring (bicyclic) bond motifs is 1. The number of nitrogens with zero attached hydrogens (tertiary/aromatic N) is 2. The summed E-state index contributed by atoms with van der Waals surface area (Å²) < 4.78 is 5.45. The number of nitrogens with one attached hydrogen (secondary N) is 2. The molecule has 0 aliphatic carbocycles. The van der Waals surface area contributed by atoms with Gasteiger partial charge in [-0.25, -0.2) is 0 Å². The molecule has 0 saturated heterocycles. The number of benzene rings is 1. The number of pyridine rings is 1. The third-order valence-corrected chi connectivity index (χ3v) is 3.19. The average molecular weight is 284 g/mol. The molecule has 0 atom stereocenters. The van der Waals surface area contributed by atoms with Gasteiger partial charge in [-0.15, -0.1) is 5.10 Å². The van der Waals surface area contributed by atoms with Crippen LogP contribution in [0.1, 0.15) is 31.2 Å². The third-order valence-electron chi connectivity index (χ3n) is 3.19. The van der Waals surface area contributed by atoms with Crippen molar-refractivity contribution in [3.63, 3.8) is 0 Å². The monoisotopic (exact) mass is 284 g/mol. The molecular weight excluding hydrogens is 268 g/mol. The van der Waals surface area contributed by atoms with E-state index in [-0.39, 0.29) is 11.5 Å². The van der Waals surface area contributed by atoms with Gasteiger partial charge in [-0.2, -0.15) is 0 Å². The molecule has 0 bridgehead atoms. The molecule has 108 valence electrons. The maximum absolute atomic E-state index is 12.0. The van der Waals surface area contributed by atoms with Crippen LogP contribution >= 0.6 is 0 Å². The van der Waals surface area contributed by atoms with Crippen molar-refractivity contribution in [2.45, 2.75) is 26.3 Å². The topological polar surface area (TPSA) is 83.8 Å². The van der Waals surface area contributed by atoms with E-state index in [1.807, 2.05) is 44.2 Å². The van der Waals surface area contributed by atoms with E-state index >= 15 is 0 Å². The lowest BCUT2D eigenvalue weighted by molar-refractivity contribution is 0.480. The second-order valence-corrected chi connectivity index (χ2v) is 5.16. The molecule has 0 aliphatic rings. The number of hydrogen-bond donors (Lipinski definition) is 2. The van der Waals surface area contributed by atoms with Gasteiger partial charge in [-0.05, 0) is 17.5 Å². The van der Waals surface area contributed by atoms with Crippen LogP contribution in [0.2, 0.25) is 0 Å². The normalized spacial score (nSPS) is 11.2.